The number of benzene rings is 2. The smallest absolute Gasteiger partial charge is 0.306 e. The number of aromatic nitrogens is 1. The summed E-state index contributed by atoms with van der Waals surface area (Å²) in [5, 5.41) is 9.32. The first-order valence-electron chi connectivity index (χ1n) is 16.1. The van der Waals surface area contributed by atoms with Crippen molar-refractivity contribution in [2.24, 2.45) is 5.92 Å². The lowest BCUT2D eigenvalue weighted by atomic mass is 9.91. The second kappa shape index (κ2) is 16.5. The molecule has 5 rings (SSSR count). The Morgan fingerprint density at radius 2 is 1.70 bits per heavy atom. The number of hydrogen-bond donors (Lipinski definition) is 1. The number of carboxylic acids is 1. The molecule has 1 aliphatic heterocycles. The van der Waals surface area contributed by atoms with Crippen LogP contribution in [-0.4, -0.2) is 40.2 Å². The van der Waals surface area contributed by atoms with Gasteiger partial charge in [-0.3, -0.25) is 9.69 Å². The Hall–Kier alpha value is -3.38. The van der Waals surface area contributed by atoms with Gasteiger partial charge in [-0.05, 0) is 92.5 Å². The lowest BCUT2D eigenvalue weighted by Crippen LogP contribution is -2.36. The Balaban J connectivity index is 0.000000934. The summed E-state index contributed by atoms with van der Waals surface area (Å²) in [7, 11) is 1.64. The van der Waals surface area contributed by atoms with Crippen molar-refractivity contribution in [1.29, 1.82) is 0 Å². The molecular weight excluding hydrogens is 536 g/mol. The van der Waals surface area contributed by atoms with Crippen LogP contribution in [0.25, 0.3) is 11.1 Å². The minimum atomic E-state index is -0.780. The van der Waals surface area contributed by atoms with E-state index in [0.717, 1.165) is 41.8 Å². The van der Waals surface area contributed by atoms with Gasteiger partial charge in [0.15, 0.2) is 0 Å². The maximum Gasteiger partial charge on any atom is 0.306 e. The molecule has 0 bridgehead atoms. The molecule has 43 heavy (non-hydrogen) atoms. The van der Waals surface area contributed by atoms with E-state index in [1.807, 2.05) is 38.1 Å². The summed E-state index contributed by atoms with van der Waals surface area (Å²) in [5.41, 5.74) is 6.83. The van der Waals surface area contributed by atoms with Crippen LogP contribution in [0, 0.1) is 5.92 Å². The van der Waals surface area contributed by atoms with Crippen LogP contribution in [-0.2, 0) is 24.2 Å². The predicted octanol–water partition coefficient (Wildman–Crippen LogP) is 8.90. The highest BCUT2D eigenvalue weighted by Crippen LogP contribution is 2.38. The van der Waals surface area contributed by atoms with Crippen molar-refractivity contribution in [2.45, 2.75) is 112 Å². The molecule has 6 nitrogen and oxygen atoms in total. The first kappa shape index (κ1) is 34.1. The molecule has 0 radical (unpaired) electrons. The van der Waals surface area contributed by atoms with Crippen LogP contribution in [0.15, 0.2) is 54.7 Å². The van der Waals surface area contributed by atoms with Crippen molar-refractivity contribution < 1.29 is 19.4 Å². The lowest BCUT2D eigenvalue weighted by molar-refractivity contribution is -0.141. The summed E-state index contributed by atoms with van der Waals surface area (Å²) in [6, 6.07) is 17.6. The maximum absolute atomic E-state index is 11.3. The predicted molar refractivity (Wildman–Crippen MR) is 176 cm³/mol. The number of nitrogens with zero attached hydrogens (tertiary/aromatic N) is 2. The molecule has 1 saturated carbocycles. The minimum absolute atomic E-state index is 0.0547. The van der Waals surface area contributed by atoms with Crippen LogP contribution in [0.2, 0.25) is 0 Å². The highest BCUT2D eigenvalue weighted by molar-refractivity contribution is 5.70. The van der Waals surface area contributed by atoms with Crippen LogP contribution in [0.5, 0.6) is 11.6 Å². The average molecular weight is 589 g/mol. The monoisotopic (exact) mass is 588 g/mol. The summed E-state index contributed by atoms with van der Waals surface area (Å²) >= 11 is 0. The SMILES string of the molecule is C1CC1.CC.COc1cc(-c2ccc([C@@H]3CCc4ccc(CC(C)C(=O)O)cc4O3)cc2CN(C(C)C)C(C)C)ccn1. The molecule has 2 aliphatic rings. The first-order chi connectivity index (χ1) is 20.7. The van der Waals surface area contributed by atoms with Crippen LogP contribution in [0.4, 0.5) is 0 Å². The van der Waals surface area contributed by atoms with Crippen molar-refractivity contribution in [2.75, 3.05) is 7.11 Å². The van der Waals surface area contributed by atoms with Gasteiger partial charge in [0.25, 0.3) is 0 Å². The number of ether oxygens (including phenoxy) is 2. The molecule has 3 aromatic rings. The van der Waals surface area contributed by atoms with Crippen molar-refractivity contribution >= 4 is 5.97 Å². The van der Waals surface area contributed by atoms with Gasteiger partial charge in [-0.15, -0.1) is 0 Å². The number of rotatable bonds is 10. The van der Waals surface area contributed by atoms with E-state index in [0.29, 0.717) is 24.4 Å². The normalized spacial score (nSPS) is 15.8. The van der Waals surface area contributed by atoms with Crippen molar-refractivity contribution in [1.82, 2.24) is 9.88 Å². The van der Waals surface area contributed by atoms with E-state index in [9.17, 15) is 9.90 Å². The van der Waals surface area contributed by atoms with Gasteiger partial charge >= 0.3 is 5.97 Å². The topological polar surface area (TPSA) is 71.9 Å². The highest BCUT2D eigenvalue weighted by atomic mass is 16.5. The molecular formula is C37H52N2O4. The second-order valence-corrected chi connectivity index (χ2v) is 12.0. The van der Waals surface area contributed by atoms with Crippen LogP contribution < -0.4 is 9.47 Å². The van der Waals surface area contributed by atoms with Gasteiger partial charge in [0.05, 0.1) is 13.0 Å². The van der Waals surface area contributed by atoms with Gasteiger partial charge in [-0.1, -0.05) is 70.4 Å². The molecule has 0 amide bonds. The van der Waals surface area contributed by atoms with Gasteiger partial charge in [-0.2, -0.15) is 0 Å². The Bertz CT molecular complexity index is 1310. The van der Waals surface area contributed by atoms with Crippen LogP contribution >= 0.6 is 0 Å². The summed E-state index contributed by atoms with van der Waals surface area (Å²) in [6.07, 6.45) is 8.56. The third-order valence-corrected chi connectivity index (χ3v) is 7.83. The molecule has 234 valence electrons. The average Bonchev–Trinajstić information content (AvgIpc) is 3.90. The van der Waals surface area contributed by atoms with E-state index < -0.39 is 11.9 Å². The standard InChI is InChI=1S/C32H40N2O4.C3H6.C2H6/c1-20(2)34(21(3)4)19-27-17-26(9-11-28(27)25-13-14-33-31(18-25)37-6)29-12-10-24-8-7-23(16-30(24)38-29)15-22(5)32(35)36;1-2-3-1;1-2/h7-9,11,13-14,16-18,20-22,29H,10,12,15,19H2,1-6H3,(H,35,36);1-3H2;1-2H3/t22?,29-;;/m0../s1. The van der Waals surface area contributed by atoms with E-state index in [4.69, 9.17) is 9.47 Å². The largest absolute Gasteiger partial charge is 0.485 e. The first-order valence-corrected chi connectivity index (χ1v) is 16.1. The molecule has 1 aliphatic carbocycles. The van der Waals surface area contributed by atoms with Crippen LogP contribution in [0.1, 0.15) is 103 Å². The maximum atomic E-state index is 11.3. The van der Waals surface area contributed by atoms with Gasteiger partial charge in [0.2, 0.25) is 5.88 Å². The number of carbonyl (C=O) groups is 1. The quantitative estimate of drug-likeness (QED) is 0.255. The van der Waals surface area contributed by atoms with Crippen molar-refractivity contribution in [3.8, 4) is 22.8 Å². The Morgan fingerprint density at radius 1 is 1.00 bits per heavy atom. The Kier molecular flexibility index (Phi) is 13.1. The van der Waals surface area contributed by atoms with Gasteiger partial charge in [0.1, 0.15) is 11.9 Å². The fraction of sp³-hybridized carbons (Fsp3) is 0.514. The van der Waals surface area contributed by atoms with Crippen molar-refractivity contribution in [3.05, 3.63) is 77.0 Å². The Morgan fingerprint density at radius 3 is 2.30 bits per heavy atom. The lowest BCUT2D eigenvalue weighted by Gasteiger charge is -2.32. The fourth-order valence-electron chi connectivity index (χ4n) is 5.29. The molecule has 0 saturated heterocycles. The fourth-order valence-corrected chi connectivity index (χ4v) is 5.29. The van der Waals surface area contributed by atoms with E-state index in [-0.39, 0.29) is 6.10 Å². The summed E-state index contributed by atoms with van der Waals surface area (Å²) < 4.78 is 11.9. The number of fused-ring (bicyclic) bond motifs is 1. The van der Waals surface area contributed by atoms with E-state index in [1.54, 1.807) is 20.2 Å². The van der Waals surface area contributed by atoms with E-state index >= 15 is 0 Å². The van der Waals surface area contributed by atoms with Gasteiger partial charge in [-0.25, -0.2) is 4.98 Å². The zero-order chi connectivity index (χ0) is 31.5. The van der Waals surface area contributed by atoms with Gasteiger partial charge in [0, 0.05) is 30.9 Å². The molecule has 1 fully saturated rings. The van der Waals surface area contributed by atoms with Crippen molar-refractivity contribution in [3.63, 3.8) is 0 Å². The Labute approximate surface area is 259 Å². The molecule has 1 unspecified atom stereocenters. The highest BCUT2D eigenvalue weighted by Gasteiger charge is 2.24. The minimum Gasteiger partial charge on any atom is -0.485 e. The van der Waals surface area contributed by atoms with Gasteiger partial charge < -0.3 is 14.6 Å². The number of carboxylic acid groups (broad SMARTS) is 1. The molecule has 6 heteroatoms. The molecule has 2 heterocycles. The van der Waals surface area contributed by atoms with E-state index in [2.05, 4.69) is 61.8 Å². The molecule has 1 aromatic heterocycles. The number of aliphatic carboxylic acids is 1. The third-order valence-electron chi connectivity index (χ3n) is 7.83. The number of hydrogen-bond acceptors (Lipinski definition) is 5. The number of aryl methyl sites for hydroxylation is 1. The number of pyridine rings is 1. The number of methoxy groups -OCH3 is 1. The summed E-state index contributed by atoms with van der Waals surface area (Å²) in [5.74, 6) is 0.256. The summed E-state index contributed by atoms with van der Waals surface area (Å²) in [6.45, 7) is 15.5. The van der Waals surface area contributed by atoms with Crippen LogP contribution in [0.3, 0.4) is 0 Å². The molecule has 2 atom stereocenters. The molecule has 1 N–H and O–H groups in total. The molecule has 0 spiro atoms. The zero-order valence-corrected chi connectivity index (χ0v) is 27.5. The second-order valence-electron chi connectivity index (χ2n) is 12.0. The zero-order valence-electron chi connectivity index (χ0n) is 27.5. The molecule has 2 aromatic carbocycles. The summed E-state index contributed by atoms with van der Waals surface area (Å²) in [4.78, 5) is 18.1. The van der Waals surface area contributed by atoms with E-state index in [1.165, 1.54) is 36.0 Å². The third kappa shape index (κ3) is 9.82.